The van der Waals surface area contributed by atoms with E-state index in [1.165, 1.54) is 5.57 Å². The van der Waals surface area contributed by atoms with Crippen molar-refractivity contribution in [2.45, 2.75) is 39.2 Å². The van der Waals surface area contributed by atoms with Gasteiger partial charge in [0.2, 0.25) is 0 Å². The molecule has 1 rings (SSSR count). The van der Waals surface area contributed by atoms with Crippen LogP contribution in [0.15, 0.2) is 53.3 Å². The molecule has 0 aromatic carbocycles. The van der Waals surface area contributed by atoms with Crippen LogP contribution in [0.2, 0.25) is 0 Å². The number of aliphatic imine (C=N–C) groups is 1. The quantitative estimate of drug-likeness (QED) is 0.545. The van der Waals surface area contributed by atoms with E-state index in [4.69, 9.17) is 9.73 Å². The summed E-state index contributed by atoms with van der Waals surface area (Å²) in [4.78, 5) is 4.74. The summed E-state index contributed by atoms with van der Waals surface area (Å²) in [6.07, 6.45) is 13.0. The van der Waals surface area contributed by atoms with Crippen molar-refractivity contribution < 1.29 is 9.84 Å². The lowest BCUT2D eigenvalue weighted by atomic mass is 9.91. The van der Waals surface area contributed by atoms with Crippen LogP contribution >= 0.6 is 0 Å². The Morgan fingerprint density at radius 1 is 1.52 bits per heavy atom. The summed E-state index contributed by atoms with van der Waals surface area (Å²) < 4.78 is 5.33. The number of aliphatic hydroxyl groups is 1. The van der Waals surface area contributed by atoms with Gasteiger partial charge in [0, 0.05) is 18.2 Å². The molecule has 0 spiro atoms. The van der Waals surface area contributed by atoms with E-state index in [1.54, 1.807) is 7.11 Å². The molecular weight excluding hydrogens is 262 g/mol. The Kier molecular flexibility index (Phi) is 7.76. The average molecular weight is 289 g/mol. The van der Waals surface area contributed by atoms with Crippen molar-refractivity contribution in [3.63, 3.8) is 0 Å². The molecule has 0 aromatic heterocycles. The van der Waals surface area contributed by atoms with Crippen LogP contribution in [-0.4, -0.2) is 30.6 Å². The zero-order valence-electron chi connectivity index (χ0n) is 13.4. The predicted octanol–water partition coefficient (Wildman–Crippen LogP) is 3.83. The molecule has 1 aliphatic rings. The van der Waals surface area contributed by atoms with Gasteiger partial charge in [-0.15, -0.1) is 0 Å². The maximum Gasteiger partial charge on any atom is 0.113 e. The van der Waals surface area contributed by atoms with Crippen LogP contribution in [-0.2, 0) is 4.74 Å². The molecule has 0 saturated heterocycles. The number of ether oxygens (including phenoxy) is 1. The van der Waals surface area contributed by atoms with E-state index in [0.717, 1.165) is 18.6 Å². The highest BCUT2D eigenvalue weighted by molar-refractivity contribution is 5.81. The van der Waals surface area contributed by atoms with Crippen molar-refractivity contribution in [1.82, 2.24) is 0 Å². The summed E-state index contributed by atoms with van der Waals surface area (Å²) in [5, 5.41) is 9.38. The number of allylic oxidation sites excluding steroid dienone is 5. The molecule has 0 amide bonds. The summed E-state index contributed by atoms with van der Waals surface area (Å²) >= 11 is 0. The van der Waals surface area contributed by atoms with Gasteiger partial charge >= 0.3 is 0 Å². The van der Waals surface area contributed by atoms with Crippen molar-refractivity contribution in [3.8, 4) is 0 Å². The molecule has 0 aromatic rings. The smallest absolute Gasteiger partial charge is 0.113 e. The first kappa shape index (κ1) is 17.4. The van der Waals surface area contributed by atoms with Gasteiger partial charge in [-0.1, -0.05) is 43.9 Å². The van der Waals surface area contributed by atoms with Gasteiger partial charge in [-0.3, -0.25) is 4.99 Å². The van der Waals surface area contributed by atoms with Crippen molar-refractivity contribution >= 4 is 5.71 Å². The lowest BCUT2D eigenvalue weighted by Crippen LogP contribution is -2.23. The Hall–Kier alpha value is -1.61. The number of hydrogen-bond acceptors (Lipinski definition) is 3. The van der Waals surface area contributed by atoms with Gasteiger partial charge in [0.15, 0.2) is 0 Å². The van der Waals surface area contributed by atoms with Gasteiger partial charge in [0.25, 0.3) is 0 Å². The van der Waals surface area contributed by atoms with Gasteiger partial charge in [0.05, 0.1) is 7.11 Å². The normalized spacial score (nSPS) is 19.6. The maximum absolute atomic E-state index is 9.38. The van der Waals surface area contributed by atoms with Gasteiger partial charge < -0.3 is 9.84 Å². The number of aliphatic hydroxyl groups excluding tert-OH is 1. The predicted molar refractivity (Wildman–Crippen MR) is 89.5 cm³/mol. The Morgan fingerprint density at radius 2 is 2.29 bits per heavy atom. The highest BCUT2D eigenvalue weighted by Gasteiger charge is 2.23. The molecule has 116 valence electrons. The van der Waals surface area contributed by atoms with Gasteiger partial charge in [0.1, 0.15) is 11.8 Å². The van der Waals surface area contributed by atoms with E-state index in [1.807, 2.05) is 19.1 Å². The fourth-order valence-corrected chi connectivity index (χ4v) is 2.27. The Balaban J connectivity index is 3.04. The van der Waals surface area contributed by atoms with Crippen LogP contribution in [0.4, 0.5) is 0 Å². The topological polar surface area (TPSA) is 41.8 Å². The first-order valence-corrected chi connectivity index (χ1v) is 7.53. The van der Waals surface area contributed by atoms with Crippen LogP contribution in [0.3, 0.4) is 0 Å². The average Bonchev–Trinajstić information content (AvgIpc) is 2.52. The first-order valence-electron chi connectivity index (χ1n) is 7.53. The van der Waals surface area contributed by atoms with E-state index in [0.29, 0.717) is 12.2 Å². The fourth-order valence-electron chi connectivity index (χ4n) is 2.27. The van der Waals surface area contributed by atoms with E-state index in [2.05, 4.69) is 31.7 Å². The second kappa shape index (κ2) is 9.35. The lowest BCUT2D eigenvalue weighted by molar-refractivity contribution is 0.225. The standard InChI is InChI=1S/C18H27NO2/c1-5-14(2)19-18(15(3)21-4)17(11-12-20)13-16-9-7-6-8-10-16/h6-9,13,17-18,20H,3,5,10-12H2,1-2,4H3/b16-13+,19-14?. The number of methoxy groups -OCH3 is 1. The molecule has 2 atom stereocenters. The van der Waals surface area contributed by atoms with Gasteiger partial charge in [-0.25, -0.2) is 0 Å². The maximum atomic E-state index is 9.38. The monoisotopic (exact) mass is 289 g/mol. The molecule has 0 saturated carbocycles. The highest BCUT2D eigenvalue weighted by Crippen LogP contribution is 2.25. The molecular formula is C18H27NO2. The number of hydrogen-bond donors (Lipinski definition) is 1. The van der Waals surface area contributed by atoms with Crippen LogP contribution in [0.1, 0.15) is 33.1 Å². The van der Waals surface area contributed by atoms with E-state index < -0.39 is 0 Å². The third-order valence-corrected chi connectivity index (χ3v) is 3.67. The first-order chi connectivity index (χ1) is 10.1. The largest absolute Gasteiger partial charge is 0.499 e. The lowest BCUT2D eigenvalue weighted by Gasteiger charge is -2.24. The zero-order valence-corrected chi connectivity index (χ0v) is 13.4. The van der Waals surface area contributed by atoms with Crippen molar-refractivity contribution in [3.05, 3.63) is 48.3 Å². The molecule has 3 nitrogen and oxygen atoms in total. The molecule has 1 N–H and O–H groups in total. The van der Waals surface area contributed by atoms with Gasteiger partial charge in [-0.2, -0.15) is 0 Å². The second-order valence-corrected chi connectivity index (χ2v) is 5.24. The van der Waals surface area contributed by atoms with Crippen LogP contribution < -0.4 is 0 Å². The van der Waals surface area contributed by atoms with Crippen LogP contribution in [0.25, 0.3) is 0 Å². The Morgan fingerprint density at radius 3 is 2.81 bits per heavy atom. The fraction of sp³-hybridized carbons (Fsp3) is 0.500. The summed E-state index contributed by atoms with van der Waals surface area (Å²) in [5.74, 6) is 0.739. The van der Waals surface area contributed by atoms with Crippen molar-refractivity contribution in [1.29, 1.82) is 0 Å². The number of nitrogens with zero attached hydrogens (tertiary/aromatic N) is 1. The third-order valence-electron chi connectivity index (χ3n) is 3.67. The third kappa shape index (κ3) is 5.72. The molecule has 21 heavy (non-hydrogen) atoms. The molecule has 1 aliphatic carbocycles. The Labute approximate surface area is 128 Å². The van der Waals surface area contributed by atoms with Crippen molar-refractivity contribution in [2.75, 3.05) is 13.7 Å². The summed E-state index contributed by atoms with van der Waals surface area (Å²) in [5.41, 5.74) is 2.31. The molecule has 3 heteroatoms. The zero-order chi connectivity index (χ0) is 15.7. The van der Waals surface area contributed by atoms with Gasteiger partial charge in [-0.05, 0) is 31.8 Å². The summed E-state index contributed by atoms with van der Waals surface area (Å²) in [7, 11) is 1.62. The molecule has 0 bridgehead atoms. The van der Waals surface area contributed by atoms with E-state index in [9.17, 15) is 5.11 Å². The second-order valence-electron chi connectivity index (χ2n) is 5.24. The minimum atomic E-state index is -0.145. The minimum Gasteiger partial charge on any atom is -0.499 e. The van der Waals surface area contributed by atoms with E-state index in [-0.39, 0.29) is 18.6 Å². The molecule has 0 aliphatic heterocycles. The Bertz CT molecular complexity index is 458. The van der Waals surface area contributed by atoms with Crippen LogP contribution in [0.5, 0.6) is 0 Å². The SMILES string of the molecule is C=C(OC)C(N=C(C)CC)C(/C=C1\C=CC=CC1)CCO. The van der Waals surface area contributed by atoms with Crippen LogP contribution in [0, 0.1) is 5.92 Å². The van der Waals surface area contributed by atoms with E-state index >= 15 is 0 Å². The molecule has 0 heterocycles. The summed E-state index contributed by atoms with van der Waals surface area (Å²) in [6.45, 7) is 8.21. The molecule has 0 fully saturated rings. The molecule has 0 radical (unpaired) electrons. The van der Waals surface area contributed by atoms with Crippen molar-refractivity contribution in [2.24, 2.45) is 10.9 Å². The molecule has 2 unspecified atom stereocenters. The number of rotatable bonds is 8. The summed E-state index contributed by atoms with van der Waals surface area (Å²) in [6, 6.07) is -0.145. The highest BCUT2D eigenvalue weighted by atomic mass is 16.5. The minimum absolute atomic E-state index is 0.0927.